The Bertz CT molecular complexity index is 1170. The summed E-state index contributed by atoms with van der Waals surface area (Å²) in [5.41, 5.74) is 0.987. The molecule has 1 saturated carbocycles. The van der Waals surface area contributed by atoms with E-state index in [4.69, 9.17) is 31.2 Å². The zero-order valence-electron chi connectivity index (χ0n) is 18.9. The van der Waals surface area contributed by atoms with Gasteiger partial charge in [0, 0.05) is 42.4 Å². The third kappa shape index (κ3) is 4.22. The number of aryl methyl sites for hydroxylation is 1. The minimum absolute atomic E-state index is 0.0693. The van der Waals surface area contributed by atoms with Crippen LogP contribution in [0.25, 0.3) is 0 Å². The van der Waals surface area contributed by atoms with Gasteiger partial charge in [0.15, 0.2) is 5.82 Å². The molecule has 1 aliphatic carbocycles. The monoisotopic (exact) mass is 484 g/mol. The Morgan fingerprint density at radius 1 is 1.12 bits per heavy atom. The number of aromatic nitrogens is 5. The molecule has 2 aromatic heterocycles. The number of halogens is 2. The number of benzene rings is 1. The first-order valence-corrected chi connectivity index (χ1v) is 12.1. The number of hydrogen-bond acceptors (Lipinski definition) is 7. The number of fused-ring (bicyclic) bond motifs is 2. The number of hydrogen-bond donors (Lipinski definition) is 0. The smallest absolute Gasteiger partial charge is 0.321 e. The fourth-order valence-electron chi connectivity index (χ4n) is 5.48. The van der Waals surface area contributed by atoms with Gasteiger partial charge in [-0.05, 0) is 49.7 Å². The van der Waals surface area contributed by atoms with Crippen LogP contribution in [0.15, 0.2) is 30.6 Å². The summed E-state index contributed by atoms with van der Waals surface area (Å²) in [5, 5.41) is 5.07. The van der Waals surface area contributed by atoms with Gasteiger partial charge in [-0.15, -0.1) is 0 Å². The van der Waals surface area contributed by atoms with Crippen molar-refractivity contribution in [3.8, 4) is 11.8 Å². The van der Waals surface area contributed by atoms with Gasteiger partial charge >= 0.3 is 6.01 Å². The van der Waals surface area contributed by atoms with Crippen LogP contribution in [0.4, 0.5) is 10.2 Å². The molecule has 2 aliphatic heterocycles. The predicted octanol–water partition coefficient (Wildman–Crippen LogP) is 4.24. The summed E-state index contributed by atoms with van der Waals surface area (Å²) in [4.78, 5) is 15.8. The molecule has 3 fully saturated rings. The molecule has 0 radical (unpaired) electrons. The van der Waals surface area contributed by atoms with Crippen molar-refractivity contribution in [3.63, 3.8) is 0 Å². The van der Waals surface area contributed by atoms with Crippen molar-refractivity contribution in [2.24, 2.45) is 17.8 Å². The maximum Gasteiger partial charge on any atom is 0.321 e. The molecule has 3 aliphatic rings. The van der Waals surface area contributed by atoms with Crippen LogP contribution < -0.4 is 9.64 Å². The van der Waals surface area contributed by atoms with E-state index in [2.05, 4.69) is 20.9 Å². The standard InChI is InChI=1S/C24H26ClFN6O2/c1-14-4-23(28-13-27-14)31-9-15-2-3-16(10-31)21(15)8-22-29-24(32(30-22)19-11-33-12-19)34-20-6-17(25)5-18(26)7-20/h4-7,13,15-16,19,21H,2-3,8-12H2,1H3/t15-,16+,21?. The number of ether oxygens (including phenoxy) is 2. The topological polar surface area (TPSA) is 78.2 Å². The molecular weight excluding hydrogens is 459 g/mol. The van der Waals surface area contributed by atoms with Crippen molar-refractivity contribution >= 4 is 17.4 Å². The number of rotatable bonds is 6. The first kappa shape index (κ1) is 21.7. The molecule has 178 valence electrons. The Morgan fingerprint density at radius 2 is 1.91 bits per heavy atom. The molecule has 6 rings (SSSR count). The van der Waals surface area contributed by atoms with E-state index < -0.39 is 5.82 Å². The average Bonchev–Trinajstić information content (AvgIpc) is 3.21. The molecule has 3 aromatic rings. The summed E-state index contributed by atoms with van der Waals surface area (Å²) in [6.45, 7) is 5.09. The van der Waals surface area contributed by atoms with Gasteiger partial charge in [-0.1, -0.05) is 11.6 Å². The summed E-state index contributed by atoms with van der Waals surface area (Å²) in [6, 6.07) is 6.60. The highest BCUT2D eigenvalue weighted by Gasteiger charge is 2.43. The van der Waals surface area contributed by atoms with Crippen molar-refractivity contribution in [1.29, 1.82) is 0 Å². The Labute approximate surface area is 202 Å². The molecule has 2 bridgehead atoms. The highest BCUT2D eigenvalue weighted by atomic mass is 35.5. The lowest BCUT2D eigenvalue weighted by molar-refractivity contribution is -0.0314. The molecule has 34 heavy (non-hydrogen) atoms. The van der Waals surface area contributed by atoms with Gasteiger partial charge in [0.25, 0.3) is 0 Å². The van der Waals surface area contributed by atoms with Crippen LogP contribution >= 0.6 is 11.6 Å². The average molecular weight is 485 g/mol. The van der Waals surface area contributed by atoms with Crippen molar-refractivity contribution < 1.29 is 13.9 Å². The summed E-state index contributed by atoms with van der Waals surface area (Å²) < 4.78 is 26.9. The van der Waals surface area contributed by atoms with Crippen LogP contribution in [-0.2, 0) is 11.2 Å². The molecule has 2 saturated heterocycles. The molecule has 1 unspecified atom stereocenters. The fourth-order valence-corrected chi connectivity index (χ4v) is 5.69. The van der Waals surface area contributed by atoms with Gasteiger partial charge < -0.3 is 14.4 Å². The fraction of sp³-hybridized carbons (Fsp3) is 0.500. The van der Waals surface area contributed by atoms with Gasteiger partial charge in [0.1, 0.15) is 29.8 Å². The second-order valence-electron chi connectivity index (χ2n) is 9.54. The number of piperidine rings is 1. The van der Waals surface area contributed by atoms with E-state index >= 15 is 0 Å². The van der Waals surface area contributed by atoms with E-state index in [1.165, 1.54) is 25.0 Å². The van der Waals surface area contributed by atoms with Crippen LogP contribution in [0.5, 0.6) is 11.8 Å². The number of anilines is 1. The lowest BCUT2D eigenvalue weighted by Crippen LogP contribution is -2.43. The van der Waals surface area contributed by atoms with Crippen molar-refractivity contribution in [2.45, 2.75) is 32.2 Å². The van der Waals surface area contributed by atoms with Crippen LogP contribution in [0.2, 0.25) is 5.02 Å². The molecule has 3 atom stereocenters. The largest absolute Gasteiger partial charge is 0.424 e. The first-order chi connectivity index (χ1) is 16.5. The molecular formula is C24H26ClFN6O2. The maximum atomic E-state index is 13.8. The van der Waals surface area contributed by atoms with Gasteiger partial charge in [-0.3, -0.25) is 0 Å². The summed E-state index contributed by atoms with van der Waals surface area (Å²) in [6.07, 6.45) is 4.86. The van der Waals surface area contributed by atoms with E-state index in [0.29, 0.717) is 42.7 Å². The van der Waals surface area contributed by atoms with Gasteiger partial charge in [0.05, 0.1) is 13.2 Å². The summed E-state index contributed by atoms with van der Waals surface area (Å²) >= 11 is 6.00. The zero-order chi connectivity index (χ0) is 23.2. The zero-order valence-corrected chi connectivity index (χ0v) is 19.7. The molecule has 0 spiro atoms. The lowest BCUT2D eigenvalue weighted by Gasteiger charge is -2.38. The predicted molar refractivity (Wildman–Crippen MR) is 124 cm³/mol. The van der Waals surface area contributed by atoms with E-state index in [1.807, 2.05) is 6.92 Å². The van der Waals surface area contributed by atoms with Crippen LogP contribution in [0.1, 0.15) is 30.4 Å². The van der Waals surface area contributed by atoms with Gasteiger partial charge in [-0.25, -0.2) is 19.0 Å². The Hall–Kier alpha value is -2.78. The van der Waals surface area contributed by atoms with Gasteiger partial charge in [0.2, 0.25) is 0 Å². The summed E-state index contributed by atoms with van der Waals surface area (Å²) in [5.74, 6) is 3.28. The third-order valence-electron chi connectivity index (χ3n) is 7.22. The minimum atomic E-state index is -0.456. The second-order valence-corrected chi connectivity index (χ2v) is 9.98. The van der Waals surface area contributed by atoms with Crippen molar-refractivity contribution in [1.82, 2.24) is 24.7 Å². The molecule has 8 nitrogen and oxygen atoms in total. The Morgan fingerprint density at radius 3 is 2.59 bits per heavy atom. The highest BCUT2D eigenvalue weighted by Crippen LogP contribution is 2.44. The van der Waals surface area contributed by atoms with E-state index in [9.17, 15) is 4.39 Å². The van der Waals surface area contributed by atoms with E-state index in [0.717, 1.165) is 36.8 Å². The van der Waals surface area contributed by atoms with Crippen molar-refractivity contribution in [2.75, 3.05) is 31.2 Å². The molecule has 10 heteroatoms. The number of nitrogens with zero attached hydrogens (tertiary/aromatic N) is 6. The van der Waals surface area contributed by atoms with Crippen LogP contribution in [0.3, 0.4) is 0 Å². The minimum Gasteiger partial charge on any atom is -0.424 e. The quantitative estimate of drug-likeness (QED) is 0.518. The first-order valence-electron chi connectivity index (χ1n) is 11.7. The lowest BCUT2D eigenvalue weighted by atomic mass is 9.82. The normalized spacial score (nSPS) is 24.3. The van der Waals surface area contributed by atoms with Crippen molar-refractivity contribution in [3.05, 3.63) is 53.0 Å². The molecule has 0 N–H and O–H groups in total. The SMILES string of the molecule is Cc1cc(N2C[C@H]3CC[C@@H](C2)C3Cc2nc(Oc3cc(F)cc(Cl)c3)n(C3COC3)n2)ncn1. The third-order valence-corrected chi connectivity index (χ3v) is 7.43. The van der Waals surface area contributed by atoms with E-state index in [-0.39, 0.29) is 11.1 Å². The molecule has 4 heterocycles. The maximum absolute atomic E-state index is 13.8. The Kier molecular flexibility index (Phi) is 5.61. The van der Waals surface area contributed by atoms with Gasteiger partial charge in [-0.2, -0.15) is 10.1 Å². The van der Waals surface area contributed by atoms with E-state index in [1.54, 1.807) is 17.1 Å². The van der Waals surface area contributed by atoms with Crippen LogP contribution in [-0.4, -0.2) is 51.0 Å². The van der Waals surface area contributed by atoms with Crippen LogP contribution in [0, 0.1) is 30.5 Å². The highest BCUT2D eigenvalue weighted by molar-refractivity contribution is 6.30. The molecule has 0 amide bonds. The second kappa shape index (κ2) is 8.78. The molecule has 1 aromatic carbocycles. The Balaban J connectivity index is 1.21. The summed E-state index contributed by atoms with van der Waals surface area (Å²) in [7, 11) is 0.